The fourth-order valence-electron chi connectivity index (χ4n) is 3.21. The van der Waals surface area contributed by atoms with E-state index in [1.807, 2.05) is 18.2 Å². The third-order valence-electron chi connectivity index (χ3n) is 4.85. The molecule has 1 aliphatic heterocycles. The van der Waals surface area contributed by atoms with Crippen LogP contribution in [0.2, 0.25) is 5.02 Å². The average molecular weight is 401 g/mol. The highest BCUT2D eigenvalue weighted by molar-refractivity contribution is 6.32. The molecule has 3 rings (SSSR count). The standard InChI is InChI=1S/C21H22ClFN4O/c22-19-13-18(6-5-16(19)14-24)25-21(28)7-8-26-9-11-27(12-10-26)15-17-3-1-2-4-20(17)23/h1-6,13H,7-12,15H2,(H,25,28). The zero-order valence-corrected chi connectivity index (χ0v) is 16.3. The number of halogens is 2. The molecule has 0 bridgehead atoms. The van der Waals surface area contributed by atoms with Crippen LogP contribution in [0, 0.1) is 17.1 Å². The Labute approximate surface area is 169 Å². The molecule has 5 nitrogen and oxygen atoms in total. The molecule has 28 heavy (non-hydrogen) atoms. The summed E-state index contributed by atoms with van der Waals surface area (Å²) in [7, 11) is 0. The molecule has 2 aromatic rings. The van der Waals surface area contributed by atoms with Gasteiger partial charge in [0.05, 0.1) is 10.6 Å². The van der Waals surface area contributed by atoms with E-state index in [0.29, 0.717) is 35.8 Å². The van der Waals surface area contributed by atoms with Crippen molar-refractivity contribution in [1.29, 1.82) is 5.26 Å². The minimum absolute atomic E-state index is 0.0884. The largest absolute Gasteiger partial charge is 0.326 e. The maximum atomic E-state index is 13.8. The molecule has 0 spiro atoms. The summed E-state index contributed by atoms with van der Waals surface area (Å²) in [5.74, 6) is -0.251. The smallest absolute Gasteiger partial charge is 0.225 e. The fraction of sp³-hybridized carbons (Fsp3) is 0.333. The maximum absolute atomic E-state index is 13.8. The van der Waals surface area contributed by atoms with Crippen LogP contribution in [0.5, 0.6) is 0 Å². The number of nitriles is 1. The van der Waals surface area contributed by atoms with Crippen LogP contribution in [0.1, 0.15) is 17.5 Å². The zero-order valence-electron chi connectivity index (χ0n) is 15.5. The van der Waals surface area contributed by atoms with Crippen LogP contribution in [0.3, 0.4) is 0 Å². The average Bonchev–Trinajstić information content (AvgIpc) is 2.69. The van der Waals surface area contributed by atoms with Gasteiger partial charge in [0.2, 0.25) is 5.91 Å². The van der Waals surface area contributed by atoms with Crippen molar-refractivity contribution >= 4 is 23.2 Å². The summed E-state index contributed by atoms with van der Waals surface area (Å²) in [6.45, 7) is 4.68. The van der Waals surface area contributed by atoms with Gasteiger partial charge in [0.15, 0.2) is 0 Å². The monoisotopic (exact) mass is 400 g/mol. The van der Waals surface area contributed by atoms with E-state index in [-0.39, 0.29) is 11.7 Å². The first-order valence-corrected chi connectivity index (χ1v) is 9.60. The van der Waals surface area contributed by atoms with Crippen molar-refractivity contribution in [3.05, 3.63) is 64.4 Å². The minimum Gasteiger partial charge on any atom is -0.326 e. The molecule has 1 amide bonds. The second kappa shape index (κ2) is 9.65. The maximum Gasteiger partial charge on any atom is 0.225 e. The van der Waals surface area contributed by atoms with Crippen molar-refractivity contribution in [3.8, 4) is 6.07 Å². The number of benzene rings is 2. The Morgan fingerprint density at radius 3 is 2.54 bits per heavy atom. The molecular weight excluding hydrogens is 379 g/mol. The van der Waals surface area contributed by atoms with Gasteiger partial charge in [-0.1, -0.05) is 29.8 Å². The quantitative estimate of drug-likeness (QED) is 0.806. The lowest BCUT2D eigenvalue weighted by atomic mass is 10.2. The SMILES string of the molecule is N#Cc1ccc(NC(=O)CCN2CCN(Cc3ccccc3F)CC2)cc1Cl. The van der Waals surface area contributed by atoms with E-state index in [0.717, 1.165) is 31.7 Å². The van der Waals surface area contributed by atoms with Gasteiger partial charge in [0.1, 0.15) is 11.9 Å². The van der Waals surface area contributed by atoms with Crippen molar-refractivity contribution in [2.45, 2.75) is 13.0 Å². The van der Waals surface area contributed by atoms with Crippen molar-refractivity contribution in [2.24, 2.45) is 0 Å². The Balaban J connectivity index is 1.40. The molecule has 0 saturated carbocycles. The van der Waals surface area contributed by atoms with Gasteiger partial charge in [-0.2, -0.15) is 5.26 Å². The Morgan fingerprint density at radius 2 is 1.86 bits per heavy atom. The number of anilines is 1. The van der Waals surface area contributed by atoms with E-state index in [4.69, 9.17) is 16.9 Å². The van der Waals surface area contributed by atoms with E-state index in [9.17, 15) is 9.18 Å². The van der Waals surface area contributed by atoms with Crippen LogP contribution in [-0.2, 0) is 11.3 Å². The lowest BCUT2D eigenvalue weighted by Crippen LogP contribution is -2.46. The fourth-order valence-corrected chi connectivity index (χ4v) is 3.43. The summed E-state index contributed by atoms with van der Waals surface area (Å²) < 4.78 is 13.8. The lowest BCUT2D eigenvalue weighted by Gasteiger charge is -2.34. The number of piperazine rings is 1. The predicted octanol–water partition coefficient (Wildman–Crippen LogP) is 3.50. The van der Waals surface area contributed by atoms with E-state index >= 15 is 0 Å². The van der Waals surface area contributed by atoms with Gasteiger partial charge >= 0.3 is 0 Å². The van der Waals surface area contributed by atoms with Gasteiger partial charge < -0.3 is 10.2 Å². The second-order valence-corrected chi connectivity index (χ2v) is 7.22. The Hall–Kier alpha value is -2.46. The number of carbonyl (C=O) groups is 1. The number of nitrogens with one attached hydrogen (secondary N) is 1. The van der Waals surface area contributed by atoms with Gasteiger partial charge in [-0.05, 0) is 24.3 Å². The molecule has 0 aromatic heterocycles. The summed E-state index contributed by atoms with van der Waals surface area (Å²) >= 11 is 5.98. The van der Waals surface area contributed by atoms with Crippen LogP contribution >= 0.6 is 11.6 Å². The van der Waals surface area contributed by atoms with Crippen LogP contribution in [0.25, 0.3) is 0 Å². The normalized spacial score (nSPS) is 15.2. The van der Waals surface area contributed by atoms with Gasteiger partial charge in [-0.3, -0.25) is 9.69 Å². The first kappa shape index (κ1) is 20.3. The van der Waals surface area contributed by atoms with E-state index in [1.54, 1.807) is 24.3 Å². The molecule has 1 heterocycles. The van der Waals surface area contributed by atoms with Gasteiger partial charge in [0.25, 0.3) is 0 Å². The van der Waals surface area contributed by atoms with E-state index < -0.39 is 0 Å². The number of hydrogen-bond donors (Lipinski definition) is 1. The topological polar surface area (TPSA) is 59.4 Å². The molecule has 1 aliphatic rings. The molecule has 7 heteroatoms. The minimum atomic E-state index is -0.162. The van der Waals surface area contributed by atoms with Crippen molar-refractivity contribution in [1.82, 2.24) is 9.80 Å². The summed E-state index contributed by atoms with van der Waals surface area (Å²) in [6.07, 6.45) is 0.380. The summed E-state index contributed by atoms with van der Waals surface area (Å²) in [5, 5.41) is 12.0. The van der Waals surface area contributed by atoms with Crippen molar-refractivity contribution in [3.63, 3.8) is 0 Å². The Kier molecular flexibility index (Phi) is 6.99. The van der Waals surface area contributed by atoms with Gasteiger partial charge in [-0.25, -0.2) is 4.39 Å². The summed E-state index contributed by atoms with van der Waals surface area (Å²) in [6, 6.07) is 13.7. The third-order valence-corrected chi connectivity index (χ3v) is 5.16. The molecule has 1 N–H and O–H groups in total. The molecule has 1 fully saturated rings. The molecule has 146 valence electrons. The molecule has 0 radical (unpaired) electrons. The molecule has 1 saturated heterocycles. The predicted molar refractivity (Wildman–Crippen MR) is 108 cm³/mol. The Bertz CT molecular complexity index is 875. The van der Waals surface area contributed by atoms with Crippen LogP contribution in [0.15, 0.2) is 42.5 Å². The number of hydrogen-bond acceptors (Lipinski definition) is 4. The highest BCUT2D eigenvalue weighted by Crippen LogP contribution is 2.20. The second-order valence-electron chi connectivity index (χ2n) is 6.81. The summed E-state index contributed by atoms with van der Waals surface area (Å²) in [4.78, 5) is 16.6. The van der Waals surface area contributed by atoms with E-state index in [2.05, 4.69) is 15.1 Å². The molecule has 0 aliphatic carbocycles. The van der Waals surface area contributed by atoms with Crippen molar-refractivity contribution < 1.29 is 9.18 Å². The van der Waals surface area contributed by atoms with Gasteiger partial charge in [0, 0.05) is 56.9 Å². The third kappa shape index (κ3) is 5.52. The van der Waals surface area contributed by atoms with Crippen LogP contribution in [0.4, 0.5) is 10.1 Å². The first-order chi connectivity index (χ1) is 13.5. The number of rotatable bonds is 6. The molecule has 0 atom stereocenters. The number of amides is 1. The first-order valence-electron chi connectivity index (χ1n) is 9.23. The lowest BCUT2D eigenvalue weighted by molar-refractivity contribution is -0.116. The number of carbonyl (C=O) groups excluding carboxylic acids is 1. The Morgan fingerprint density at radius 1 is 1.14 bits per heavy atom. The molecular formula is C21H22ClFN4O. The van der Waals surface area contributed by atoms with Crippen LogP contribution < -0.4 is 5.32 Å². The summed E-state index contributed by atoms with van der Waals surface area (Å²) in [5.41, 5.74) is 1.69. The van der Waals surface area contributed by atoms with Gasteiger partial charge in [-0.15, -0.1) is 0 Å². The van der Waals surface area contributed by atoms with E-state index in [1.165, 1.54) is 6.07 Å². The number of nitrogens with zero attached hydrogens (tertiary/aromatic N) is 3. The highest BCUT2D eigenvalue weighted by Gasteiger charge is 2.18. The zero-order chi connectivity index (χ0) is 19.9. The highest BCUT2D eigenvalue weighted by atomic mass is 35.5. The van der Waals surface area contributed by atoms with Crippen molar-refractivity contribution in [2.75, 3.05) is 38.0 Å². The molecule has 2 aromatic carbocycles. The van der Waals surface area contributed by atoms with Crippen LogP contribution in [-0.4, -0.2) is 48.4 Å². The molecule has 0 unspecified atom stereocenters.